The smallest absolute Gasteiger partial charge is 0.325 e. The first-order chi connectivity index (χ1) is 11.5. The summed E-state index contributed by atoms with van der Waals surface area (Å²) in [5, 5.41) is 6.75. The third-order valence-corrected chi connectivity index (χ3v) is 4.38. The summed E-state index contributed by atoms with van der Waals surface area (Å²) >= 11 is 13.2. The second-order valence-electron chi connectivity index (χ2n) is 4.82. The molecule has 0 aliphatic carbocycles. The van der Waals surface area contributed by atoms with E-state index < -0.39 is 6.03 Å². The Morgan fingerprint density at radius 1 is 1.17 bits per heavy atom. The minimum absolute atomic E-state index is 0.419. The van der Waals surface area contributed by atoms with Crippen LogP contribution < -0.4 is 15.4 Å². The Kier molecular flexibility index (Phi) is 5.08. The van der Waals surface area contributed by atoms with Crippen LogP contribution in [0, 0.1) is 0 Å². The van der Waals surface area contributed by atoms with E-state index in [0.717, 1.165) is 16.0 Å². The van der Waals surface area contributed by atoms with Crippen molar-refractivity contribution in [2.24, 2.45) is 0 Å². The maximum absolute atomic E-state index is 12.1. The molecule has 0 spiro atoms. The van der Waals surface area contributed by atoms with Crippen molar-refractivity contribution in [3.8, 4) is 5.75 Å². The molecule has 0 radical (unpaired) electrons. The van der Waals surface area contributed by atoms with Crippen LogP contribution in [0.25, 0.3) is 10.2 Å². The monoisotopic (exact) mass is 381 g/mol. The van der Waals surface area contributed by atoms with Gasteiger partial charge in [-0.05, 0) is 43.3 Å². The molecule has 0 aliphatic rings. The van der Waals surface area contributed by atoms with Gasteiger partial charge in [-0.2, -0.15) is 0 Å². The number of nitrogens with one attached hydrogen (secondary N) is 2. The van der Waals surface area contributed by atoms with E-state index in [2.05, 4.69) is 15.6 Å². The number of fused-ring (bicyclic) bond motifs is 1. The quantitative estimate of drug-likeness (QED) is 0.613. The lowest BCUT2D eigenvalue weighted by molar-refractivity contribution is 0.262. The summed E-state index contributed by atoms with van der Waals surface area (Å²) < 4.78 is 6.39. The standard InChI is InChI=1S/C16H13Cl2N3O2S/c1-2-23-12-3-4-13-14(8-12)24-16(20-13)21-15(22)19-11-6-9(17)5-10(18)7-11/h3-8H,2H2,1H3,(H2,19,20,21,22). The molecule has 0 saturated carbocycles. The number of carbonyl (C=O) groups is 1. The van der Waals surface area contributed by atoms with Gasteiger partial charge in [-0.25, -0.2) is 9.78 Å². The van der Waals surface area contributed by atoms with Crippen LogP contribution in [-0.4, -0.2) is 17.6 Å². The molecule has 2 N–H and O–H groups in total. The second-order valence-corrected chi connectivity index (χ2v) is 6.72. The lowest BCUT2D eigenvalue weighted by Gasteiger charge is -2.06. The fraction of sp³-hybridized carbons (Fsp3) is 0.125. The molecule has 3 rings (SSSR count). The van der Waals surface area contributed by atoms with Crippen molar-refractivity contribution in [1.82, 2.24) is 4.98 Å². The lowest BCUT2D eigenvalue weighted by Crippen LogP contribution is -2.19. The van der Waals surface area contributed by atoms with Gasteiger partial charge in [-0.1, -0.05) is 34.5 Å². The van der Waals surface area contributed by atoms with Gasteiger partial charge in [0.1, 0.15) is 5.75 Å². The molecule has 24 heavy (non-hydrogen) atoms. The highest BCUT2D eigenvalue weighted by molar-refractivity contribution is 7.22. The maximum atomic E-state index is 12.1. The molecular weight excluding hydrogens is 369 g/mol. The third kappa shape index (κ3) is 4.08. The van der Waals surface area contributed by atoms with Gasteiger partial charge in [0.15, 0.2) is 5.13 Å². The van der Waals surface area contributed by atoms with E-state index in [1.54, 1.807) is 18.2 Å². The molecule has 124 valence electrons. The first-order valence-corrected chi connectivity index (χ1v) is 8.68. The van der Waals surface area contributed by atoms with Gasteiger partial charge in [0, 0.05) is 15.7 Å². The van der Waals surface area contributed by atoms with Crippen LogP contribution in [0.1, 0.15) is 6.92 Å². The number of carbonyl (C=O) groups excluding carboxylic acids is 1. The molecule has 3 aromatic rings. The summed E-state index contributed by atoms with van der Waals surface area (Å²) in [4.78, 5) is 16.5. The average Bonchev–Trinajstić information content (AvgIpc) is 2.87. The van der Waals surface area contributed by atoms with Crippen molar-refractivity contribution >= 4 is 61.6 Å². The van der Waals surface area contributed by atoms with E-state index in [0.29, 0.717) is 27.5 Å². The zero-order chi connectivity index (χ0) is 17.1. The fourth-order valence-electron chi connectivity index (χ4n) is 2.10. The van der Waals surface area contributed by atoms with Crippen molar-refractivity contribution in [3.05, 3.63) is 46.4 Å². The summed E-state index contributed by atoms with van der Waals surface area (Å²) in [6.45, 7) is 2.52. The van der Waals surface area contributed by atoms with Crippen LogP contribution in [0.2, 0.25) is 10.0 Å². The van der Waals surface area contributed by atoms with Gasteiger partial charge in [-0.15, -0.1) is 0 Å². The molecule has 0 atom stereocenters. The first kappa shape index (κ1) is 16.8. The Bertz CT molecular complexity index is 878. The molecule has 5 nitrogen and oxygen atoms in total. The highest BCUT2D eigenvalue weighted by Crippen LogP contribution is 2.29. The van der Waals surface area contributed by atoms with Crippen LogP contribution in [0.3, 0.4) is 0 Å². The minimum Gasteiger partial charge on any atom is -0.494 e. The number of benzene rings is 2. The number of urea groups is 1. The molecule has 0 aliphatic heterocycles. The number of amides is 2. The van der Waals surface area contributed by atoms with Gasteiger partial charge >= 0.3 is 6.03 Å². The van der Waals surface area contributed by atoms with Gasteiger partial charge in [0.25, 0.3) is 0 Å². The van der Waals surface area contributed by atoms with E-state index in [4.69, 9.17) is 27.9 Å². The average molecular weight is 382 g/mol. The largest absolute Gasteiger partial charge is 0.494 e. The van der Waals surface area contributed by atoms with Crippen molar-refractivity contribution < 1.29 is 9.53 Å². The Labute approximate surface area is 152 Å². The summed E-state index contributed by atoms with van der Waals surface area (Å²) in [6.07, 6.45) is 0. The molecule has 2 amide bonds. The predicted molar refractivity (Wildman–Crippen MR) is 99.9 cm³/mol. The predicted octanol–water partition coefficient (Wildman–Crippen LogP) is 5.65. The topological polar surface area (TPSA) is 63.2 Å². The molecular formula is C16H13Cl2N3O2S. The van der Waals surface area contributed by atoms with Gasteiger partial charge in [0.05, 0.1) is 16.8 Å². The molecule has 0 unspecified atom stereocenters. The molecule has 0 saturated heterocycles. The fourth-order valence-corrected chi connectivity index (χ4v) is 3.52. The zero-order valence-corrected chi connectivity index (χ0v) is 14.9. The number of nitrogens with zero attached hydrogens (tertiary/aromatic N) is 1. The number of rotatable bonds is 4. The first-order valence-electron chi connectivity index (χ1n) is 7.11. The second kappa shape index (κ2) is 7.25. The van der Waals surface area contributed by atoms with Crippen molar-refractivity contribution in [1.29, 1.82) is 0 Å². The number of thiazole rings is 1. The highest BCUT2D eigenvalue weighted by Gasteiger charge is 2.09. The number of hydrogen-bond donors (Lipinski definition) is 2. The number of ether oxygens (including phenoxy) is 1. The van der Waals surface area contributed by atoms with Crippen LogP contribution in [-0.2, 0) is 0 Å². The van der Waals surface area contributed by atoms with Crippen LogP contribution in [0.4, 0.5) is 15.6 Å². The summed E-state index contributed by atoms with van der Waals surface area (Å²) in [5.41, 5.74) is 1.30. The summed E-state index contributed by atoms with van der Waals surface area (Å²) in [6, 6.07) is 10.0. The van der Waals surface area contributed by atoms with E-state index in [9.17, 15) is 4.79 Å². The Balaban J connectivity index is 1.72. The van der Waals surface area contributed by atoms with E-state index >= 15 is 0 Å². The van der Waals surface area contributed by atoms with Crippen LogP contribution in [0.15, 0.2) is 36.4 Å². The Morgan fingerprint density at radius 2 is 1.92 bits per heavy atom. The van der Waals surface area contributed by atoms with E-state index in [-0.39, 0.29) is 0 Å². The molecule has 0 bridgehead atoms. The van der Waals surface area contributed by atoms with Crippen molar-refractivity contribution in [2.75, 3.05) is 17.2 Å². The lowest BCUT2D eigenvalue weighted by atomic mass is 10.3. The summed E-state index contributed by atoms with van der Waals surface area (Å²) in [7, 11) is 0. The van der Waals surface area contributed by atoms with Gasteiger partial charge in [0.2, 0.25) is 0 Å². The highest BCUT2D eigenvalue weighted by atomic mass is 35.5. The number of anilines is 2. The van der Waals surface area contributed by atoms with Crippen molar-refractivity contribution in [2.45, 2.75) is 6.92 Å². The number of halogens is 2. The Morgan fingerprint density at radius 3 is 2.62 bits per heavy atom. The Hall–Kier alpha value is -2.02. The van der Waals surface area contributed by atoms with Crippen molar-refractivity contribution in [3.63, 3.8) is 0 Å². The molecule has 2 aromatic carbocycles. The zero-order valence-electron chi connectivity index (χ0n) is 12.6. The third-order valence-electron chi connectivity index (χ3n) is 3.01. The number of hydrogen-bond acceptors (Lipinski definition) is 4. The van der Waals surface area contributed by atoms with Crippen LogP contribution >= 0.6 is 34.5 Å². The van der Waals surface area contributed by atoms with E-state index in [1.165, 1.54) is 11.3 Å². The molecule has 0 fully saturated rings. The molecule has 1 aromatic heterocycles. The van der Waals surface area contributed by atoms with Crippen LogP contribution in [0.5, 0.6) is 5.75 Å². The molecule has 8 heteroatoms. The normalized spacial score (nSPS) is 10.6. The SMILES string of the molecule is CCOc1ccc2nc(NC(=O)Nc3cc(Cl)cc(Cl)c3)sc2c1. The van der Waals surface area contributed by atoms with Gasteiger partial charge < -0.3 is 10.1 Å². The van der Waals surface area contributed by atoms with E-state index in [1.807, 2.05) is 25.1 Å². The molecule has 1 heterocycles. The number of aromatic nitrogens is 1. The van der Waals surface area contributed by atoms with Gasteiger partial charge in [-0.3, -0.25) is 5.32 Å². The minimum atomic E-state index is -0.419. The maximum Gasteiger partial charge on any atom is 0.325 e. The summed E-state index contributed by atoms with van der Waals surface area (Å²) in [5.74, 6) is 0.776.